The van der Waals surface area contributed by atoms with E-state index in [1.807, 2.05) is 29.8 Å². The minimum absolute atomic E-state index is 0.578. The zero-order chi connectivity index (χ0) is 15.5. The van der Waals surface area contributed by atoms with Crippen molar-refractivity contribution in [2.75, 3.05) is 26.2 Å². The van der Waals surface area contributed by atoms with Crippen LogP contribution in [0.2, 0.25) is 0 Å². The monoisotopic (exact) mass is 327 g/mol. The van der Waals surface area contributed by atoms with Gasteiger partial charge in [0, 0.05) is 36.9 Å². The lowest BCUT2D eigenvalue weighted by Crippen LogP contribution is -2.41. The Hall–Kier alpha value is -1.23. The Labute approximate surface area is 143 Å². The molecule has 2 aromatic rings. The minimum Gasteiger partial charge on any atom is -0.298 e. The molecule has 23 heavy (non-hydrogen) atoms. The molecule has 0 atom stereocenters. The molecular formula is C19H25N3S. The summed E-state index contributed by atoms with van der Waals surface area (Å²) in [5, 5.41) is 2.19. The van der Waals surface area contributed by atoms with E-state index in [1.54, 1.807) is 0 Å². The Morgan fingerprint density at radius 2 is 1.83 bits per heavy atom. The topological polar surface area (TPSA) is 19.4 Å². The summed E-state index contributed by atoms with van der Waals surface area (Å²) in [6.45, 7) is 7.26. The molecule has 122 valence electrons. The standard InChI is InChI=1S/C19H25N3S/c1-3-17(13-20-8-1)14-22-11-7-19(16-22)5-9-21(10-6-19)15-18-4-2-12-23-18/h1-4,8,12-13H,5-7,9-11,14-16H2. The Kier molecular flexibility index (Phi) is 4.47. The number of aromatic nitrogens is 1. The molecule has 0 amide bonds. The van der Waals surface area contributed by atoms with E-state index in [2.05, 4.69) is 38.4 Å². The molecule has 2 aliphatic rings. The molecule has 1 spiro atoms. The van der Waals surface area contributed by atoms with Crippen LogP contribution < -0.4 is 0 Å². The van der Waals surface area contributed by atoms with E-state index in [1.165, 1.54) is 55.9 Å². The predicted molar refractivity (Wildman–Crippen MR) is 95.4 cm³/mol. The highest BCUT2D eigenvalue weighted by molar-refractivity contribution is 7.09. The lowest BCUT2D eigenvalue weighted by atomic mass is 9.78. The SMILES string of the molecule is c1cncc(CN2CCC3(CCN(Cc4cccs4)CC3)C2)c1. The Morgan fingerprint density at radius 3 is 2.52 bits per heavy atom. The summed E-state index contributed by atoms with van der Waals surface area (Å²) >= 11 is 1.89. The van der Waals surface area contributed by atoms with Crippen LogP contribution in [0.4, 0.5) is 0 Å². The fraction of sp³-hybridized carbons (Fsp3) is 0.526. The second-order valence-corrected chi connectivity index (χ2v) is 8.21. The van der Waals surface area contributed by atoms with E-state index >= 15 is 0 Å². The number of hydrogen-bond donors (Lipinski definition) is 0. The Balaban J connectivity index is 1.29. The van der Waals surface area contributed by atoms with Crippen molar-refractivity contribution >= 4 is 11.3 Å². The zero-order valence-corrected chi connectivity index (χ0v) is 14.5. The van der Waals surface area contributed by atoms with E-state index in [9.17, 15) is 0 Å². The van der Waals surface area contributed by atoms with Gasteiger partial charge >= 0.3 is 0 Å². The smallest absolute Gasteiger partial charge is 0.0327 e. The van der Waals surface area contributed by atoms with Crippen LogP contribution in [0.5, 0.6) is 0 Å². The van der Waals surface area contributed by atoms with Gasteiger partial charge in [-0.15, -0.1) is 11.3 Å². The number of likely N-dealkylation sites (tertiary alicyclic amines) is 2. The van der Waals surface area contributed by atoms with E-state index in [0.717, 1.165) is 13.1 Å². The first-order chi connectivity index (χ1) is 11.3. The molecule has 0 aromatic carbocycles. The predicted octanol–water partition coefficient (Wildman–Crippen LogP) is 3.63. The van der Waals surface area contributed by atoms with Gasteiger partial charge in [-0.05, 0) is 67.4 Å². The summed E-state index contributed by atoms with van der Waals surface area (Å²) in [5.41, 5.74) is 1.92. The summed E-state index contributed by atoms with van der Waals surface area (Å²) in [6, 6.07) is 8.67. The number of hydrogen-bond acceptors (Lipinski definition) is 4. The first kappa shape index (κ1) is 15.3. The molecule has 4 heterocycles. The van der Waals surface area contributed by atoms with Crippen LogP contribution in [0.15, 0.2) is 42.0 Å². The maximum atomic E-state index is 4.24. The number of thiophene rings is 1. The van der Waals surface area contributed by atoms with Gasteiger partial charge < -0.3 is 0 Å². The normalized spacial score (nSPS) is 21.9. The third-order valence-corrected chi connectivity index (χ3v) is 6.38. The molecule has 0 saturated carbocycles. The van der Waals surface area contributed by atoms with Crippen LogP contribution in [0.25, 0.3) is 0 Å². The summed E-state index contributed by atoms with van der Waals surface area (Å²) < 4.78 is 0. The van der Waals surface area contributed by atoms with Crippen molar-refractivity contribution in [3.05, 3.63) is 52.5 Å². The third-order valence-electron chi connectivity index (χ3n) is 5.52. The van der Waals surface area contributed by atoms with E-state index in [-0.39, 0.29) is 0 Å². The van der Waals surface area contributed by atoms with Crippen molar-refractivity contribution in [1.29, 1.82) is 0 Å². The highest BCUT2D eigenvalue weighted by atomic mass is 32.1. The lowest BCUT2D eigenvalue weighted by Gasteiger charge is -2.39. The van der Waals surface area contributed by atoms with Gasteiger partial charge in [0.25, 0.3) is 0 Å². The zero-order valence-electron chi connectivity index (χ0n) is 13.7. The molecule has 0 N–H and O–H groups in total. The van der Waals surface area contributed by atoms with E-state index in [0.29, 0.717) is 5.41 Å². The molecule has 2 aliphatic heterocycles. The molecule has 0 unspecified atom stereocenters. The number of nitrogens with zero attached hydrogens (tertiary/aromatic N) is 3. The van der Waals surface area contributed by atoms with Gasteiger partial charge in [-0.1, -0.05) is 12.1 Å². The van der Waals surface area contributed by atoms with Crippen LogP contribution in [-0.2, 0) is 13.1 Å². The Bertz CT molecular complexity index is 603. The van der Waals surface area contributed by atoms with Crippen molar-refractivity contribution in [3.63, 3.8) is 0 Å². The number of rotatable bonds is 4. The largest absolute Gasteiger partial charge is 0.298 e. The summed E-state index contributed by atoms with van der Waals surface area (Å²) in [5.74, 6) is 0. The molecule has 0 radical (unpaired) electrons. The number of pyridine rings is 1. The molecule has 2 aromatic heterocycles. The van der Waals surface area contributed by atoms with Crippen molar-refractivity contribution in [2.24, 2.45) is 5.41 Å². The second kappa shape index (κ2) is 6.71. The van der Waals surface area contributed by atoms with Gasteiger partial charge in [0.15, 0.2) is 0 Å². The average molecular weight is 327 g/mol. The van der Waals surface area contributed by atoms with Crippen LogP contribution in [-0.4, -0.2) is 41.0 Å². The lowest BCUT2D eigenvalue weighted by molar-refractivity contribution is 0.103. The molecule has 2 fully saturated rings. The maximum Gasteiger partial charge on any atom is 0.0327 e. The summed E-state index contributed by atoms with van der Waals surface area (Å²) in [7, 11) is 0. The second-order valence-electron chi connectivity index (χ2n) is 7.18. The molecule has 2 saturated heterocycles. The molecule has 3 nitrogen and oxygen atoms in total. The van der Waals surface area contributed by atoms with Crippen LogP contribution in [0, 0.1) is 5.41 Å². The summed E-state index contributed by atoms with van der Waals surface area (Å²) in [6.07, 6.45) is 7.97. The van der Waals surface area contributed by atoms with Crippen LogP contribution in [0.3, 0.4) is 0 Å². The minimum atomic E-state index is 0.578. The van der Waals surface area contributed by atoms with Gasteiger partial charge in [0.05, 0.1) is 0 Å². The van der Waals surface area contributed by atoms with Gasteiger partial charge in [0.1, 0.15) is 0 Å². The maximum absolute atomic E-state index is 4.24. The van der Waals surface area contributed by atoms with Crippen molar-refractivity contribution in [2.45, 2.75) is 32.4 Å². The van der Waals surface area contributed by atoms with Crippen molar-refractivity contribution in [1.82, 2.24) is 14.8 Å². The van der Waals surface area contributed by atoms with Crippen molar-refractivity contribution < 1.29 is 0 Å². The highest BCUT2D eigenvalue weighted by Crippen LogP contribution is 2.41. The molecule has 4 heteroatoms. The summed E-state index contributed by atoms with van der Waals surface area (Å²) in [4.78, 5) is 11.0. The molecule has 0 aliphatic carbocycles. The molecule has 0 bridgehead atoms. The first-order valence-electron chi connectivity index (χ1n) is 8.67. The van der Waals surface area contributed by atoms with Crippen molar-refractivity contribution in [3.8, 4) is 0 Å². The van der Waals surface area contributed by atoms with Crippen LogP contribution >= 0.6 is 11.3 Å². The fourth-order valence-corrected chi connectivity index (χ4v) is 4.88. The van der Waals surface area contributed by atoms with Gasteiger partial charge in [-0.3, -0.25) is 14.8 Å². The third kappa shape index (κ3) is 3.65. The average Bonchev–Trinajstić information content (AvgIpc) is 3.22. The highest BCUT2D eigenvalue weighted by Gasteiger charge is 2.40. The van der Waals surface area contributed by atoms with Crippen LogP contribution in [0.1, 0.15) is 29.7 Å². The van der Waals surface area contributed by atoms with Gasteiger partial charge in [0.2, 0.25) is 0 Å². The quantitative estimate of drug-likeness (QED) is 0.855. The molecule has 4 rings (SSSR count). The number of piperidine rings is 1. The first-order valence-corrected chi connectivity index (χ1v) is 9.55. The fourth-order valence-electron chi connectivity index (χ4n) is 4.13. The van der Waals surface area contributed by atoms with E-state index in [4.69, 9.17) is 0 Å². The van der Waals surface area contributed by atoms with Gasteiger partial charge in [-0.2, -0.15) is 0 Å². The van der Waals surface area contributed by atoms with E-state index < -0.39 is 0 Å². The molecular weight excluding hydrogens is 302 g/mol. The van der Waals surface area contributed by atoms with Gasteiger partial charge in [-0.25, -0.2) is 0 Å². The Morgan fingerprint density at radius 1 is 1.00 bits per heavy atom.